The van der Waals surface area contributed by atoms with Gasteiger partial charge in [-0.25, -0.2) is 23.7 Å². The third-order valence-electron chi connectivity index (χ3n) is 7.32. The molecule has 8 atom stereocenters. The number of hydrogen-bond donors (Lipinski definition) is 6. The van der Waals surface area contributed by atoms with Crippen LogP contribution in [0.5, 0.6) is 0 Å². The first-order valence-electron chi connectivity index (χ1n) is 12.8. The van der Waals surface area contributed by atoms with Gasteiger partial charge < -0.3 is 40.4 Å². The van der Waals surface area contributed by atoms with Crippen molar-refractivity contribution in [1.29, 1.82) is 0 Å². The van der Waals surface area contributed by atoms with Gasteiger partial charge in [-0.15, -0.1) is 18.2 Å². The number of halogens is 2. The van der Waals surface area contributed by atoms with E-state index in [0.717, 1.165) is 24.3 Å². The smallest absolute Gasteiger partial charge is 0.325 e. The Bertz CT molecular complexity index is 1900. The van der Waals surface area contributed by atoms with Crippen molar-refractivity contribution in [1.82, 2.24) is 34.1 Å². The van der Waals surface area contributed by atoms with Crippen molar-refractivity contribution in [2.24, 2.45) is 0 Å². The van der Waals surface area contributed by atoms with E-state index in [1.165, 1.54) is 15.5 Å². The number of aromatic nitrogens is 7. The van der Waals surface area contributed by atoms with Gasteiger partial charge in [0.25, 0.3) is 5.56 Å². The molecule has 4 aromatic rings. The van der Waals surface area contributed by atoms with Gasteiger partial charge >= 0.3 is 6.72 Å². The zero-order chi connectivity index (χ0) is 31.6. The largest absolute Gasteiger partial charge is 0.395 e. The summed E-state index contributed by atoms with van der Waals surface area (Å²) in [4.78, 5) is 41.5. The van der Waals surface area contributed by atoms with Crippen molar-refractivity contribution in [2.45, 2.75) is 47.3 Å². The number of nitrogen functional groups attached to an aromatic ring is 2. The molecule has 6 rings (SSSR count). The average molecular weight is 672 g/mol. The molecule has 0 aliphatic carbocycles. The standard InChI is InChI=1S/C23H24F2N9O7PS2/c1-2-23(11(36)3-12(40-23)33-4-9(24)13-17(26)28-7-29-18(13)33)6-39-42(38,43)41-16-14(25)10(5-35)44-21(16)34-8-30-15-19(34)31-22(27)32-20(15)37/h1,4,7-8,10-12,14,16,21,35-36H,3,5-6H2,(H,38,43)(H2,26,28,29)(H3,27,31,32,37)/t10-,11+,12?,14-,16-,21-,23-,42?/m1/s1. The van der Waals surface area contributed by atoms with Gasteiger partial charge in [0, 0.05) is 12.6 Å². The Kier molecular flexibility index (Phi) is 7.88. The molecule has 0 aromatic carbocycles. The number of ether oxygens (including phenoxy) is 1. The van der Waals surface area contributed by atoms with Crippen molar-refractivity contribution < 1.29 is 37.7 Å². The number of nitrogens with one attached hydrogen (secondary N) is 1. The highest BCUT2D eigenvalue weighted by Crippen LogP contribution is 2.55. The van der Waals surface area contributed by atoms with Crippen LogP contribution >= 0.6 is 18.5 Å². The molecule has 4 aromatic heterocycles. The number of anilines is 2. The normalized spacial score (nSPS) is 30.2. The summed E-state index contributed by atoms with van der Waals surface area (Å²) in [6.07, 6.45) is 3.22. The summed E-state index contributed by atoms with van der Waals surface area (Å²) >= 11 is 6.12. The van der Waals surface area contributed by atoms with Gasteiger partial charge in [0.2, 0.25) is 5.95 Å². The Morgan fingerprint density at radius 1 is 1.34 bits per heavy atom. The second-order valence-corrected chi connectivity index (χ2v) is 14.1. The van der Waals surface area contributed by atoms with Crippen LogP contribution in [-0.2, 0) is 25.6 Å². The van der Waals surface area contributed by atoms with Gasteiger partial charge in [0.15, 0.2) is 28.2 Å². The third kappa shape index (κ3) is 5.13. The first-order chi connectivity index (χ1) is 20.9. The lowest BCUT2D eigenvalue weighted by Gasteiger charge is -2.30. The molecule has 2 aliphatic heterocycles. The first kappa shape index (κ1) is 30.8. The Hall–Kier alpha value is -3.25. The number of rotatable bonds is 8. The minimum atomic E-state index is -4.34. The van der Waals surface area contributed by atoms with E-state index in [1.54, 1.807) is 0 Å². The van der Waals surface area contributed by atoms with Gasteiger partial charge in [0.1, 0.15) is 42.1 Å². The second kappa shape index (κ2) is 11.3. The fourth-order valence-electron chi connectivity index (χ4n) is 5.17. The van der Waals surface area contributed by atoms with E-state index in [9.17, 15) is 24.3 Å². The van der Waals surface area contributed by atoms with Crippen LogP contribution in [0.25, 0.3) is 22.2 Å². The maximum Gasteiger partial charge on any atom is 0.325 e. The highest BCUT2D eigenvalue weighted by Gasteiger charge is 2.52. The lowest BCUT2D eigenvalue weighted by molar-refractivity contribution is -0.0876. The molecule has 0 spiro atoms. The minimum Gasteiger partial charge on any atom is -0.395 e. The van der Waals surface area contributed by atoms with Crippen molar-refractivity contribution in [3.63, 3.8) is 0 Å². The number of nitrogens with two attached hydrogens (primary N) is 2. The van der Waals surface area contributed by atoms with Crippen LogP contribution in [0.2, 0.25) is 0 Å². The predicted molar refractivity (Wildman–Crippen MR) is 156 cm³/mol. The molecular formula is C23H24F2N9O7PS2. The maximum absolute atomic E-state index is 15.5. The lowest BCUT2D eigenvalue weighted by atomic mass is 9.99. The summed E-state index contributed by atoms with van der Waals surface area (Å²) in [5, 5.41) is 18.6. The molecule has 8 N–H and O–H groups in total. The Morgan fingerprint density at radius 2 is 2.11 bits per heavy atom. The van der Waals surface area contributed by atoms with Crippen LogP contribution in [0.4, 0.5) is 20.5 Å². The molecule has 16 nitrogen and oxygen atoms in total. The van der Waals surface area contributed by atoms with Gasteiger partial charge in [0.05, 0.1) is 30.2 Å². The molecule has 0 radical (unpaired) electrons. The van der Waals surface area contributed by atoms with Crippen molar-refractivity contribution in [2.75, 3.05) is 24.7 Å². The zero-order valence-electron chi connectivity index (χ0n) is 22.2. The molecule has 44 heavy (non-hydrogen) atoms. The molecule has 21 heteroatoms. The number of thioether (sulfide) groups is 1. The molecule has 2 fully saturated rings. The molecule has 6 heterocycles. The first-order valence-corrected chi connectivity index (χ1v) is 16.3. The summed E-state index contributed by atoms with van der Waals surface area (Å²) in [7, 11) is 0. The number of aliphatic hydroxyl groups is 2. The molecule has 0 saturated carbocycles. The zero-order valence-corrected chi connectivity index (χ0v) is 24.8. The Labute approximate surface area is 255 Å². The van der Waals surface area contributed by atoms with Gasteiger partial charge in [-0.05, 0) is 11.8 Å². The quantitative estimate of drug-likeness (QED) is 0.108. The number of aromatic amines is 1. The highest BCUT2D eigenvalue weighted by molar-refractivity contribution is 8.07. The average Bonchev–Trinajstić information content (AvgIpc) is 3.71. The summed E-state index contributed by atoms with van der Waals surface area (Å²) < 4.78 is 49.8. The van der Waals surface area contributed by atoms with E-state index in [-0.39, 0.29) is 40.4 Å². The van der Waals surface area contributed by atoms with Gasteiger partial charge in [-0.2, -0.15) is 4.98 Å². The molecule has 0 bridgehead atoms. The molecule has 2 unspecified atom stereocenters. The molecule has 2 aliphatic rings. The number of nitrogens with zero attached hydrogens (tertiary/aromatic N) is 6. The van der Waals surface area contributed by atoms with Crippen LogP contribution in [0.1, 0.15) is 18.0 Å². The summed E-state index contributed by atoms with van der Waals surface area (Å²) in [5.41, 5.74) is 8.97. The Balaban J connectivity index is 1.23. The van der Waals surface area contributed by atoms with Crippen LogP contribution < -0.4 is 17.0 Å². The van der Waals surface area contributed by atoms with Crippen LogP contribution in [0, 0.1) is 18.2 Å². The SMILES string of the molecule is C#C[C@]1(COP(O)(=S)O[C@@H]2[C@H](F)[C@@H](CO)S[C@H]2n2cnc3c(=O)[nH]c(N)nc32)OC(n2cc(F)c3c(N)ncnc32)C[C@@H]1O. The van der Waals surface area contributed by atoms with E-state index in [0.29, 0.717) is 0 Å². The predicted octanol–water partition coefficient (Wildman–Crippen LogP) is 0.0828. The van der Waals surface area contributed by atoms with Gasteiger partial charge in [-0.1, -0.05) is 5.92 Å². The van der Waals surface area contributed by atoms with Crippen molar-refractivity contribution in [3.05, 3.63) is 35.0 Å². The number of imidazole rings is 1. The Morgan fingerprint density at radius 3 is 2.84 bits per heavy atom. The van der Waals surface area contributed by atoms with Crippen LogP contribution in [0.15, 0.2) is 23.6 Å². The molecule has 0 amide bonds. The topological polar surface area (TPSA) is 235 Å². The number of aliphatic hydroxyl groups excluding tert-OH is 2. The third-order valence-corrected chi connectivity index (χ3v) is 10.4. The minimum absolute atomic E-state index is 0.0103. The number of hydrogen-bond acceptors (Lipinski definition) is 14. The van der Waals surface area contributed by atoms with Crippen molar-refractivity contribution in [3.8, 4) is 12.3 Å². The second-order valence-electron chi connectivity index (χ2n) is 9.98. The van der Waals surface area contributed by atoms with Crippen LogP contribution in [-0.4, -0.2) is 91.6 Å². The number of fused-ring (bicyclic) bond motifs is 2. The van der Waals surface area contributed by atoms with E-state index in [2.05, 4.69) is 30.8 Å². The van der Waals surface area contributed by atoms with Crippen LogP contribution in [0.3, 0.4) is 0 Å². The monoisotopic (exact) mass is 671 g/mol. The van der Waals surface area contributed by atoms with E-state index in [4.69, 9.17) is 43.5 Å². The molecule has 234 valence electrons. The highest BCUT2D eigenvalue weighted by atomic mass is 32.5. The van der Waals surface area contributed by atoms with Gasteiger partial charge in [-0.3, -0.25) is 18.9 Å². The summed E-state index contributed by atoms with van der Waals surface area (Å²) in [5.74, 6) is 1.29. The van der Waals surface area contributed by atoms with E-state index in [1.807, 2.05) is 0 Å². The number of alkyl halides is 1. The fraction of sp³-hybridized carbons (Fsp3) is 0.435. The van der Waals surface area contributed by atoms with E-state index >= 15 is 4.39 Å². The number of terminal acetylenes is 1. The van der Waals surface area contributed by atoms with Crippen molar-refractivity contribution >= 4 is 64.3 Å². The summed E-state index contributed by atoms with van der Waals surface area (Å²) in [6.45, 7) is -5.63. The molecular weight excluding hydrogens is 647 g/mol. The fourth-order valence-corrected chi connectivity index (χ4v) is 8.06. The maximum atomic E-state index is 15.5. The lowest BCUT2D eigenvalue weighted by Crippen LogP contribution is -2.42. The number of H-pyrrole nitrogens is 1. The summed E-state index contributed by atoms with van der Waals surface area (Å²) in [6, 6.07) is 0. The molecule has 2 saturated heterocycles. The van der Waals surface area contributed by atoms with E-state index < -0.39 is 72.1 Å².